The summed E-state index contributed by atoms with van der Waals surface area (Å²) in [6, 6.07) is 5.59. The Bertz CT molecular complexity index is 612. The highest BCUT2D eigenvalue weighted by Crippen LogP contribution is 2.23. The third-order valence-corrected chi connectivity index (χ3v) is 3.11. The standard InChI is InChI=1S/C19H29NO6/c1-18(2,3)25-16(22)15(21)14(20-17(23)26-19(4,5)6)12-8-10-13(24-7)11-9-12/h8-11,14-15,21H,1-7H3,(H,20,23)/t14-,15-/m1/s1. The van der Waals surface area contributed by atoms with Crippen molar-refractivity contribution in [3.63, 3.8) is 0 Å². The topological polar surface area (TPSA) is 94.1 Å². The molecular formula is C19H29NO6. The quantitative estimate of drug-likeness (QED) is 0.777. The number of hydrogen-bond acceptors (Lipinski definition) is 6. The molecule has 0 aromatic heterocycles. The number of carbonyl (C=O) groups is 2. The minimum Gasteiger partial charge on any atom is -0.497 e. The number of aliphatic hydroxyl groups is 1. The normalized spacial score (nSPS) is 14.2. The highest BCUT2D eigenvalue weighted by molar-refractivity contribution is 5.78. The van der Waals surface area contributed by atoms with Gasteiger partial charge in [0.25, 0.3) is 0 Å². The van der Waals surface area contributed by atoms with Gasteiger partial charge in [0.1, 0.15) is 17.0 Å². The first-order valence-corrected chi connectivity index (χ1v) is 8.37. The van der Waals surface area contributed by atoms with E-state index in [1.54, 1.807) is 65.8 Å². The van der Waals surface area contributed by atoms with Gasteiger partial charge in [-0.2, -0.15) is 0 Å². The molecule has 0 aliphatic carbocycles. The Kier molecular flexibility index (Phi) is 7.03. The van der Waals surface area contributed by atoms with E-state index in [0.717, 1.165) is 0 Å². The molecule has 0 bridgehead atoms. The number of hydrogen-bond donors (Lipinski definition) is 2. The average Bonchev–Trinajstić information content (AvgIpc) is 2.48. The van der Waals surface area contributed by atoms with Crippen LogP contribution in [0.15, 0.2) is 24.3 Å². The van der Waals surface area contributed by atoms with Crippen LogP contribution in [0.1, 0.15) is 53.1 Å². The zero-order chi connectivity index (χ0) is 20.1. The van der Waals surface area contributed by atoms with E-state index in [1.165, 1.54) is 7.11 Å². The van der Waals surface area contributed by atoms with Gasteiger partial charge in [0.15, 0.2) is 6.10 Å². The molecule has 0 heterocycles. The van der Waals surface area contributed by atoms with E-state index in [9.17, 15) is 14.7 Å². The SMILES string of the molecule is COc1ccc([C@@H](NC(=O)OC(C)(C)C)[C@@H](O)C(=O)OC(C)(C)C)cc1. The third kappa shape index (κ3) is 7.31. The predicted octanol–water partition coefficient (Wildman–Crippen LogP) is 2.96. The van der Waals surface area contributed by atoms with Crippen LogP contribution >= 0.6 is 0 Å². The van der Waals surface area contributed by atoms with Crippen molar-refractivity contribution in [1.29, 1.82) is 0 Å². The van der Waals surface area contributed by atoms with E-state index in [2.05, 4.69) is 5.32 Å². The van der Waals surface area contributed by atoms with E-state index in [-0.39, 0.29) is 0 Å². The Balaban J connectivity index is 3.07. The van der Waals surface area contributed by atoms with Crippen LogP contribution in [0.25, 0.3) is 0 Å². The van der Waals surface area contributed by atoms with Crippen molar-refractivity contribution in [3.05, 3.63) is 29.8 Å². The van der Waals surface area contributed by atoms with Crippen molar-refractivity contribution in [3.8, 4) is 5.75 Å². The zero-order valence-corrected chi connectivity index (χ0v) is 16.5. The largest absolute Gasteiger partial charge is 0.497 e. The number of benzene rings is 1. The lowest BCUT2D eigenvalue weighted by molar-refractivity contribution is -0.166. The highest BCUT2D eigenvalue weighted by atomic mass is 16.6. The number of carbonyl (C=O) groups excluding carboxylic acids is 2. The molecule has 0 fully saturated rings. The van der Waals surface area contributed by atoms with Crippen molar-refractivity contribution in [1.82, 2.24) is 5.32 Å². The summed E-state index contributed by atoms with van der Waals surface area (Å²) in [7, 11) is 1.53. The van der Waals surface area contributed by atoms with Crippen LogP contribution in [0.5, 0.6) is 5.75 Å². The van der Waals surface area contributed by atoms with Gasteiger partial charge in [-0.1, -0.05) is 12.1 Å². The van der Waals surface area contributed by atoms with Gasteiger partial charge < -0.3 is 24.6 Å². The molecule has 7 nitrogen and oxygen atoms in total. The maximum absolute atomic E-state index is 12.3. The summed E-state index contributed by atoms with van der Waals surface area (Å²) >= 11 is 0. The number of nitrogens with one attached hydrogen (secondary N) is 1. The third-order valence-electron chi connectivity index (χ3n) is 3.11. The molecule has 0 aliphatic rings. The fraction of sp³-hybridized carbons (Fsp3) is 0.579. The molecule has 2 N–H and O–H groups in total. The van der Waals surface area contributed by atoms with Gasteiger partial charge in [0, 0.05) is 0 Å². The number of alkyl carbamates (subject to hydrolysis) is 1. The zero-order valence-electron chi connectivity index (χ0n) is 16.5. The Morgan fingerprint density at radius 3 is 1.88 bits per heavy atom. The molecule has 146 valence electrons. The molecule has 0 saturated carbocycles. The molecule has 0 unspecified atom stereocenters. The van der Waals surface area contributed by atoms with Crippen molar-refractivity contribution in [2.24, 2.45) is 0 Å². The number of amides is 1. The van der Waals surface area contributed by atoms with Crippen LogP contribution in [-0.4, -0.2) is 41.6 Å². The molecule has 0 aliphatic heterocycles. The van der Waals surface area contributed by atoms with Crippen molar-refractivity contribution >= 4 is 12.1 Å². The Labute approximate surface area is 154 Å². The fourth-order valence-corrected chi connectivity index (χ4v) is 2.09. The maximum Gasteiger partial charge on any atom is 0.408 e. The Hall–Kier alpha value is -2.28. The van der Waals surface area contributed by atoms with Crippen LogP contribution in [0.2, 0.25) is 0 Å². The molecule has 1 aromatic rings. The summed E-state index contributed by atoms with van der Waals surface area (Å²) in [6.45, 7) is 10.3. The van der Waals surface area contributed by atoms with Gasteiger partial charge in [0.2, 0.25) is 0 Å². The first-order chi connectivity index (χ1) is 11.8. The minimum atomic E-state index is -1.60. The van der Waals surface area contributed by atoms with Gasteiger partial charge in [0.05, 0.1) is 13.2 Å². The monoisotopic (exact) mass is 367 g/mol. The minimum absolute atomic E-state index is 0.509. The number of esters is 1. The molecule has 1 rings (SSSR count). The van der Waals surface area contributed by atoms with Crippen LogP contribution in [0.4, 0.5) is 4.79 Å². The Morgan fingerprint density at radius 2 is 1.46 bits per heavy atom. The van der Waals surface area contributed by atoms with Gasteiger partial charge in [-0.15, -0.1) is 0 Å². The first-order valence-electron chi connectivity index (χ1n) is 8.37. The van der Waals surface area contributed by atoms with Crippen LogP contribution in [0, 0.1) is 0 Å². The van der Waals surface area contributed by atoms with E-state index >= 15 is 0 Å². The molecule has 2 atom stereocenters. The van der Waals surface area contributed by atoms with Gasteiger partial charge in [-0.25, -0.2) is 9.59 Å². The summed E-state index contributed by atoms with van der Waals surface area (Å²) in [5, 5.41) is 13.0. The smallest absolute Gasteiger partial charge is 0.408 e. The van der Waals surface area contributed by atoms with Crippen molar-refractivity contribution < 1.29 is 28.9 Å². The number of methoxy groups -OCH3 is 1. The van der Waals surface area contributed by atoms with Crippen LogP contribution < -0.4 is 10.1 Å². The van der Waals surface area contributed by atoms with Gasteiger partial charge >= 0.3 is 12.1 Å². The summed E-state index contributed by atoms with van der Waals surface area (Å²) in [5.74, 6) is -0.231. The highest BCUT2D eigenvalue weighted by Gasteiger charge is 2.34. The molecule has 26 heavy (non-hydrogen) atoms. The van der Waals surface area contributed by atoms with E-state index in [4.69, 9.17) is 14.2 Å². The van der Waals surface area contributed by atoms with Gasteiger partial charge in [-0.3, -0.25) is 0 Å². The molecule has 7 heteroatoms. The predicted molar refractivity (Wildman–Crippen MR) is 97.0 cm³/mol. The van der Waals surface area contributed by atoms with Crippen LogP contribution in [-0.2, 0) is 14.3 Å². The summed E-state index contributed by atoms with van der Waals surface area (Å²) in [6.07, 6.45) is -2.35. The van der Waals surface area contributed by atoms with Crippen LogP contribution in [0.3, 0.4) is 0 Å². The average molecular weight is 367 g/mol. The lowest BCUT2D eigenvalue weighted by Gasteiger charge is -2.28. The lowest BCUT2D eigenvalue weighted by atomic mass is 10.0. The van der Waals surface area contributed by atoms with E-state index < -0.39 is 35.4 Å². The van der Waals surface area contributed by atoms with Gasteiger partial charge in [-0.05, 0) is 59.2 Å². The van der Waals surface area contributed by atoms with Crippen molar-refractivity contribution in [2.75, 3.05) is 7.11 Å². The van der Waals surface area contributed by atoms with Crippen molar-refractivity contribution in [2.45, 2.75) is 64.9 Å². The fourth-order valence-electron chi connectivity index (χ4n) is 2.09. The summed E-state index contributed by atoms with van der Waals surface area (Å²) in [5.41, 5.74) is -0.977. The van der Waals surface area contributed by atoms with E-state index in [0.29, 0.717) is 11.3 Å². The second kappa shape index (κ2) is 8.40. The summed E-state index contributed by atoms with van der Waals surface area (Å²) < 4.78 is 15.6. The molecule has 0 spiro atoms. The maximum atomic E-state index is 12.3. The number of ether oxygens (including phenoxy) is 3. The second-order valence-electron chi connectivity index (χ2n) is 7.88. The molecular weight excluding hydrogens is 338 g/mol. The summed E-state index contributed by atoms with van der Waals surface area (Å²) in [4.78, 5) is 24.4. The number of rotatable bonds is 5. The lowest BCUT2D eigenvalue weighted by Crippen LogP contribution is -2.44. The second-order valence-corrected chi connectivity index (χ2v) is 7.88. The molecule has 0 radical (unpaired) electrons. The molecule has 1 aromatic carbocycles. The molecule has 1 amide bonds. The molecule has 0 saturated heterocycles. The Morgan fingerprint density at radius 1 is 0.962 bits per heavy atom. The van der Waals surface area contributed by atoms with E-state index in [1.807, 2.05) is 0 Å². The first kappa shape index (κ1) is 21.8. The number of aliphatic hydroxyl groups excluding tert-OH is 1.